The first-order valence-electron chi connectivity index (χ1n) is 6.29. The predicted molar refractivity (Wildman–Crippen MR) is 70.1 cm³/mol. The van der Waals surface area contributed by atoms with E-state index in [0.29, 0.717) is 18.2 Å². The highest BCUT2D eigenvalue weighted by Gasteiger charge is 2.27. The molecule has 102 valence electrons. The summed E-state index contributed by atoms with van der Waals surface area (Å²) in [4.78, 5) is 26.2. The van der Waals surface area contributed by atoms with E-state index in [-0.39, 0.29) is 11.6 Å². The molecule has 1 fully saturated rings. The molecule has 0 bridgehead atoms. The molecule has 0 radical (unpaired) electrons. The van der Waals surface area contributed by atoms with Crippen LogP contribution < -0.4 is 10.6 Å². The monoisotopic (exact) mass is 263 g/mol. The van der Waals surface area contributed by atoms with Gasteiger partial charge in [-0.15, -0.1) is 0 Å². The van der Waals surface area contributed by atoms with E-state index in [9.17, 15) is 9.59 Å². The van der Waals surface area contributed by atoms with E-state index in [1.165, 1.54) is 31.3 Å². The number of carbonyl (C=O) groups is 2. The van der Waals surface area contributed by atoms with Crippen LogP contribution in [0.3, 0.4) is 0 Å². The van der Waals surface area contributed by atoms with Crippen molar-refractivity contribution in [2.24, 2.45) is 11.8 Å². The summed E-state index contributed by atoms with van der Waals surface area (Å²) in [5.41, 5.74) is 0.417. The van der Waals surface area contributed by atoms with Crippen molar-refractivity contribution in [1.82, 2.24) is 10.3 Å². The Labute approximate surface area is 111 Å². The summed E-state index contributed by atoms with van der Waals surface area (Å²) in [6.07, 6.45) is 5.14. The van der Waals surface area contributed by atoms with E-state index in [4.69, 9.17) is 5.11 Å². The summed E-state index contributed by atoms with van der Waals surface area (Å²) in [6.45, 7) is 2.74. The van der Waals surface area contributed by atoms with E-state index in [1.807, 2.05) is 0 Å². The van der Waals surface area contributed by atoms with Crippen molar-refractivity contribution in [3.8, 4) is 0 Å². The Morgan fingerprint density at radius 1 is 1.47 bits per heavy atom. The fraction of sp³-hybridized carbons (Fsp3) is 0.462. The number of anilines is 1. The standard InChI is InChI=1S/C13H17N3O3/c1-8(9-2-3-9)5-15-13(19)16-11-4-10(12(17)18)6-14-7-11/h4,6-9H,2-3,5H2,1H3,(H,17,18)(H2,15,16,19). The Kier molecular flexibility index (Phi) is 3.99. The summed E-state index contributed by atoms with van der Waals surface area (Å²) in [5.74, 6) is 0.144. The quantitative estimate of drug-likeness (QED) is 0.757. The molecule has 1 unspecified atom stereocenters. The molecule has 2 rings (SSSR count). The van der Waals surface area contributed by atoms with Gasteiger partial charge in [0.05, 0.1) is 17.4 Å². The van der Waals surface area contributed by atoms with Crippen molar-refractivity contribution in [1.29, 1.82) is 0 Å². The van der Waals surface area contributed by atoms with Crippen LogP contribution in [0.4, 0.5) is 10.5 Å². The Morgan fingerprint density at radius 2 is 2.21 bits per heavy atom. The van der Waals surface area contributed by atoms with Crippen LogP contribution in [-0.2, 0) is 0 Å². The molecule has 1 heterocycles. The smallest absolute Gasteiger partial charge is 0.337 e. The second-order valence-corrected chi connectivity index (χ2v) is 4.92. The van der Waals surface area contributed by atoms with E-state index in [2.05, 4.69) is 22.5 Å². The van der Waals surface area contributed by atoms with Crippen LogP contribution >= 0.6 is 0 Å². The molecule has 2 amide bonds. The van der Waals surface area contributed by atoms with E-state index >= 15 is 0 Å². The van der Waals surface area contributed by atoms with Gasteiger partial charge in [-0.3, -0.25) is 4.98 Å². The molecular weight excluding hydrogens is 246 g/mol. The van der Waals surface area contributed by atoms with Gasteiger partial charge in [0, 0.05) is 12.7 Å². The topological polar surface area (TPSA) is 91.3 Å². The molecule has 1 aliphatic carbocycles. The average Bonchev–Trinajstić information content (AvgIpc) is 3.20. The normalized spacial score (nSPS) is 15.6. The van der Waals surface area contributed by atoms with Crippen LogP contribution in [-0.4, -0.2) is 28.6 Å². The molecule has 6 nitrogen and oxygen atoms in total. The molecule has 0 aliphatic heterocycles. The lowest BCUT2D eigenvalue weighted by Gasteiger charge is -2.12. The molecule has 1 atom stereocenters. The van der Waals surface area contributed by atoms with Crippen LogP contribution in [0, 0.1) is 11.8 Å². The first kappa shape index (κ1) is 13.3. The van der Waals surface area contributed by atoms with E-state index in [0.717, 1.165) is 5.92 Å². The fourth-order valence-corrected chi connectivity index (χ4v) is 1.89. The maximum absolute atomic E-state index is 11.6. The molecule has 1 aromatic heterocycles. The van der Waals surface area contributed by atoms with E-state index < -0.39 is 5.97 Å². The Bertz CT molecular complexity index is 486. The van der Waals surface area contributed by atoms with Gasteiger partial charge in [0.25, 0.3) is 0 Å². The van der Waals surface area contributed by atoms with Gasteiger partial charge in [0.1, 0.15) is 0 Å². The maximum Gasteiger partial charge on any atom is 0.337 e. The number of nitrogens with zero attached hydrogens (tertiary/aromatic N) is 1. The van der Waals surface area contributed by atoms with Crippen molar-refractivity contribution >= 4 is 17.7 Å². The third-order valence-corrected chi connectivity index (χ3v) is 3.25. The molecule has 1 aromatic rings. The number of carbonyl (C=O) groups excluding carboxylic acids is 1. The summed E-state index contributed by atoms with van der Waals surface area (Å²) in [5, 5.41) is 14.2. The van der Waals surface area contributed by atoms with Gasteiger partial charge in [0.2, 0.25) is 0 Å². The van der Waals surface area contributed by atoms with Crippen molar-refractivity contribution in [3.63, 3.8) is 0 Å². The molecular formula is C13H17N3O3. The van der Waals surface area contributed by atoms with Crippen LogP contribution in [0.15, 0.2) is 18.5 Å². The number of aromatic nitrogens is 1. The average molecular weight is 263 g/mol. The number of aromatic carboxylic acids is 1. The number of carboxylic acid groups (broad SMARTS) is 1. The molecule has 0 saturated heterocycles. The Morgan fingerprint density at radius 3 is 2.84 bits per heavy atom. The highest BCUT2D eigenvalue weighted by Crippen LogP contribution is 2.36. The second-order valence-electron chi connectivity index (χ2n) is 4.92. The zero-order valence-electron chi connectivity index (χ0n) is 10.7. The van der Waals surface area contributed by atoms with E-state index in [1.54, 1.807) is 0 Å². The number of amides is 2. The molecule has 0 spiro atoms. The molecule has 0 aromatic carbocycles. The predicted octanol–water partition coefficient (Wildman–Crippen LogP) is 1.95. The zero-order valence-corrected chi connectivity index (χ0v) is 10.7. The van der Waals surface area contributed by atoms with Gasteiger partial charge in [-0.25, -0.2) is 9.59 Å². The first-order valence-corrected chi connectivity index (χ1v) is 6.29. The van der Waals surface area contributed by atoms with Gasteiger partial charge in [-0.1, -0.05) is 6.92 Å². The number of hydrogen-bond donors (Lipinski definition) is 3. The number of urea groups is 1. The molecule has 1 saturated carbocycles. The van der Waals surface area contributed by atoms with Gasteiger partial charge >= 0.3 is 12.0 Å². The largest absolute Gasteiger partial charge is 0.478 e. The van der Waals surface area contributed by atoms with Crippen LogP contribution in [0.25, 0.3) is 0 Å². The minimum Gasteiger partial charge on any atom is -0.478 e. The second kappa shape index (κ2) is 5.69. The zero-order chi connectivity index (χ0) is 13.8. The number of carboxylic acids is 1. The van der Waals surface area contributed by atoms with Crippen molar-refractivity contribution < 1.29 is 14.7 Å². The lowest BCUT2D eigenvalue weighted by atomic mass is 10.1. The summed E-state index contributed by atoms with van der Waals surface area (Å²) >= 11 is 0. The van der Waals surface area contributed by atoms with Crippen LogP contribution in [0.5, 0.6) is 0 Å². The van der Waals surface area contributed by atoms with Crippen LogP contribution in [0.2, 0.25) is 0 Å². The minimum absolute atomic E-state index is 0.0455. The fourth-order valence-electron chi connectivity index (χ4n) is 1.89. The van der Waals surface area contributed by atoms with Gasteiger partial charge in [-0.2, -0.15) is 0 Å². The summed E-state index contributed by atoms with van der Waals surface area (Å²) in [7, 11) is 0. The Balaban J connectivity index is 1.84. The number of nitrogens with one attached hydrogen (secondary N) is 2. The third-order valence-electron chi connectivity index (χ3n) is 3.25. The summed E-state index contributed by atoms with van der Waals surface area (Å²) < 4.78 is 0. The highest BCUT2D eigenvalue weighted by atomic mass is 16.4. The third kappa shape index (κ3) is 3.94. The summed E-state index contributed by atoms with van der Waals surface area (Å²) in [6, 6.07) is 1.04. The first-order chi connectivity index (χ1) is 9.06. The minimum atomic E-state index is -1.07. The number of rotatable bonds is 5. The van der Waals surface area contributed by atoms with Gasteiger partial charge in [0.15, 0.2) is 0 Å². The molecule has 19 heavy (non-hydrogen) atoms. The SMILES string of the molecule is CC(CNC(=O)Nc1cncc(C(=O)O)c1)C1CC1. The van der Waals surface area contributed by atoms with Crippen molar-refractivity contribution in [3.05, 3.63) is 24.0 Å². The molecule has 6 heteroatoms. The van der Waals surface area contributed by atoms with Crippen LogP contribution in [0.1, 0.15) is 30.1 Å². The number of pyridine rings is 1. The number of hydrogen-bond acceptors (Lipinski definition) is 3. The van der Waals surface area contributed by atoms with Crippen molar-refractivity contribution in [2.75, 3.05) is 11.9 Å². The Hall–Kier alpha value is -2.11. The van der Waals surface area contributed by atoms with Crippen molar-refractivity contribution in [2.45, 2.75) is 19.8 Å². The molecule has 3 N–H and O–H groups in total. The maximum atomic E-state index is 11.6. The lowest BCUT2D eigenvalue weighted by molar-refractivity contribution is 0.0696. The highest BCUT2D eigenvalue weighted by molar-refractivity contribution is 5.92. The lowest BCUT2D eigenvalue weighted by Crippen LogP contribution is -2.33. The van der Waals surface area contributed by atoms with Gasteiger partial charge < -0.3 is 15.7 Å². The molecule has 1 aliphatic rings. The van der Waals surface area contributed by atoms with Gasteiger partial charge in [-0.05, 0) is 30.7 Å².